The lowest BCUT2D eigenvalue weighted by atomic mass is 10.3. The number of halogens is 2. The fraction of sp³-hybridized carbons (Fsp3) is 0.278. The number of anilines is 1. The van der Waals surface area contributed by atoms with Crippen molar-refractivity contribution in [3.8, 4) is 0 Å². The zero-order valence-corrected chi connectivity index (χ0v) is 17.5. The maximum Gasteiger partial charge on any atom is 0.244 e. The molecule has 1 aliphatic heterocycles. The first-order chi connectivity index (χ1) is 12.9. The van der Waals surface area contributed by atoms with Crippen LogP contribution < -0.4 is 5.32 Å². The molecule has 2 aromatic carbocycles. The summed E-state index contributed by atoms with van der Waals surface area (Å²) in [5.41, 5.74) is 0.391. The third-order valence-electron chi connectivity index (χ3n) is 4.09. The highest BCUT2D eigenvalue weighted by atomic mass is 35.5. The molecule has 0 aliphatic carbocycles. The van der Waals surface area contributed by atoms with Crippen molar-refractivity contribution in [2.45, 2.75) is 22.6 Å². The average molecular weight is 445 g/mol. The van der Waals surface area contributed by atoms with Gasteiger partial charge in [-0.3, -0.25) is 4.79 Å². The minimum Gasteiger partial charge on any atom is -0.325 e. The number of carbonyl (C=O) groups is 1. The average Bonchev–Trinajstić information content (AvgIpc) is 3.18. The summed E-state index contributed by atoms with van der Waals surface area (Å²) in [6.45, 7) is 0.980. The molecule has 0 unspecified atom stereocenters. The second-order valence-corrected chi connectivity index (χ2v) is 9.76. The first-order valence-electron chi connectivity index (χ1n) is 8.35. The van der Waals surface area contributed by atoms with Gasteiger partial charge in [0.1, 0.15) is 4.90 Å². The van der Waals surface area contributed by atoms with E-state index < -0.39 is 10.0 Å². The maximum atomic E-state index is 12.8. The molecule has 5 nitrogen and oxygen atoms in total. The Balaban J connectivity index is 1.70. The van der Waals surface area contributed by atoms with Crippen molar-refractivity contribution >= 4 is 56.6 Å². The zero-order chi connectivity index (χ0) is 19.4. The van der Waals surface area contributed by atoms with Gasteiger partial charge in [-0.2, -0.15) is 4.31 Å². The van der Waals surface area contributed by atoms with Crippen molar-refractivity contribution < 1.29 is 13.2 Å². The number of sulfonamides is 1. The number of amides is 1. The predicted molar refractivity (Wildman–Crippen MR) is 110 cm³/mol. The summed E-state index contributed by atoms with van der Waals surface area (Å²) in [6, 6.07) is 11.8. The fourth-order valence-electron chi connectivity index (χ4n) is 2.75. The predicted octanol–water partition coefficient (Wildman–Crippen LogP) is 4.51. The van der Waals surface area contributed by atoms with Crippen LogP contribution in [0.4, 0.5) is 5.69 Å². The van der Waals surface area contributed by atoms with Crippen LogP contribution in [0.2, 0.25) is 10.0 Å². The molecule has 1 N–H and O–H groups in total. The minimum absolute atomic E-state index is 0.0163. The van der Waals surface area contributed by atoms with E-state index in [-0.39, 0.29) is 21.6 Å². The zero-order valence-electron chi connectivity index (χ0n) is 14.3. The van der Waals surface area contributed by atoms with Crippen LogP contribution in [0.25, 0.3) is 0 Å². The first kappa shape index (κ1) is 20.5. The molecule has 1 saturated heterocycles. The van der Waals surface area contributed by atoms with Gasteiger partial charge in [-0.05, 0) is 43.2 Å². The van der Waals surface area contributed by atoms with Crippen LogP contribution in [-0.2, 0) is 14.8 Å². The molecule has 1 fully saturated rings. The Bertz CT molecular complexity index is 945. The number of carbonyl (C=O) groups excluding carboxylic acids is 1. The Labute approximate surface area is 173 Å². The minimum atomic E-state index is -3.66. The van der Waals surface area contributed by atoms with Gasteiger partial charge in [0.25, 0.3) is 0 Å². The summed E-state index contributed by atoms with van der Waals surface area (Å²) in [6.07, 6.45) is 1.68. The van der Waals surface area contributed by atoms with E-state index in [4.69, 9.17) is 23.2 Å². The Morgan fingerprint density at radius 3 is 2.48 bits per heavy atom. The summed E-state index contributed by atoms with van der Waals surface area (Å²) in [5.74, 6) is -0.104. The Hall–Kier alpha value is -1.25. The molecule has 27 heavy (non-hydrogen) atoms. The van der Waals surface area contributed by atoms with E-state index >= 15 is 0 Å². The van der Waals surface area contributed by atoms with E-state index in [0.29, 0.717) is 23.8 Å². The van der Waals surface area contributed by atoms with E-state index in [1.54, 1.807) is 12.1 Å². The number of rotatable bonds is 6. The van der Waals surface area contributed by atoms with E-state index in [1.165, 1.54) is 28.2 Å². The van der Waals surface area contributed by atoms with Gasteiger partial charge in [-0.25, -0.2) is 8.42 Å². The smallest absolute Gasteiger partial charge is 0.244 e. The number of benzene rings is 2. The van der Waals surface area contributed by atoms with Gasteiger partial charge in [0.15, 0.2) is 0 Å². The molecular weight excluding hydrogens is 427 g/mol. The normalized spacial score (nSPS) is 15.0. The number of thioether (sulfide) groups is 1. The van der Waals surface area contributed by atoms with Crippen LogP contribution in [0.15, 0.2) is 52.3 Å². The van der Waals surface area contributed by atoms with Gasteiger partial charge in [0.05, 0.1) is 15.8 Å². The number of hydrogen-bond acceptors (Lipinski definition) is 4. The van der Waals surface area contributed by atoms with Crippen LogP contribution in [-0.4, -0.2) is 37.5 Å². The van der Waals surface area contributed by atoms with E-state index in [2.05, 4.69) is 5.32 Å². The maximum absolute atomic E-state index is 12.8. The van der Waals surface area contributed by atoms with Crippen molar-refractivity contribution in [1.82, 2.24) is 4.31 Å². The van der Waals surface area contributed by atoms with E-state index in [9.17, 15) is 13.2 Å². The highest BCUT2D eigenvalue weighted by Crippen LogP contribution is 2.30. The topological polar surface area (TPSA) is 66.5 Å². The SMILES string of the molecule is O=C(CSc1ccccc1Cl)Nc1ccc(Cl)c(S(=O)(=O)N2CCCC2)c1. The molecule has 0 saturated carbocycles. The molecule has 1 aliphatic rings. The Morgan fingerprint density at radius 2 is 1.78 bits per heavy atom. The van der Waals surface area contributed by atoms with Crippen LogP contribution in [0.3, 0.4) is 0 Å². The highest BCUT2D eigenvalue weighted by molar-refractivity contribution is 8.00. The molecule has 144 valence electrons. The number of hydrogen-bond donors (Lipinski definition) is 1. The summed E-state index contributed by atoms with van der Waals surface area (Å²) >= 11 is 13.5. The van der Waals surface area contributed by atoms with Crippen LogP contribution in [0, 0.1) is 0 Å². The molecule has 0 aromatic heterocycles. The van der Waals surface area contributed by atoms with Gasteiger partial charge in [-0.1, -0.05) is 35.3 Å². The van der Waals surface area contributed by atoms with Crippen LogP contribution in [0.1, 0.15) is 12.8 Å². The summed E-state index contributed by atoms with van der Waals surface area (Å²) < 4.78 is 26.9. The quantitative estimate of drug-likeness (QED) is 0.665. The Morgan fingerprint density at radius 1 is 1.07 bits per heavy atom. The van der Waals surface area contributed by atoms with Gasteiger partial charge in [0.2, 0.25) is 15.9 Å². The Kier molecular flexibility index (Phi) is 6.70. The molecule has 1 amide bonds. The lowest BCUT2D eigenvalue weighted by Gasteiger charge is -2.17. The number of nitrogens with one attached hydrogen (secondary N) is 1. The third-order valence-corrected chi connectivity index (χ3v) is 7.99. The molecule has 3 rings (SSSR count). The summed E-state index contributed by atoms with van der Waals surface area (Å²) in [4.78, 5) is 13.1. The summed E-state index contributed by atoms with van der Waals surface area (Å²) in [5, 5.41) is 3.45. The van der Waals surface area contributed by atoms with Gasteiger partial charge >= 0.3 is 0 Å². The van der Waals surface area contributed by atoms with Crippen molar-refractivity contribution in [3.05, 3.63) is 52.5 Å². The van der Waals surface area contributed by atoms with Crippen molar-refractivity contribution in [1.29, 1.82) is 0 Å². The molecule has 0 atom stereocenters. The lowest BCUT2D eigenvalue weighted by molar-refractivity contribution is -0.113. The second-order valence-electron chi connectivity index (χ2n) is 6.02. The van der Waals surface area contributed by atoms with Crippen LogP contribution >= 0.6 is 35.0 Å². The van der Waals surface area contributed by atoms with Crippen molar-refractivity contribution in [3.63, 3.8) is 0 Å². The third kappa shape index (κ3) is 4.97. The second kappa shape index (κ2) is 8.84. The van der Waals surface area contributed by atoms with Crippen LogP contribution in [0.5, 0.6) is 0 Å². The van der Waals surface area contributed by atoms with Gasteiger partial charge < -0.3 is 5.32 Å². The molecular formula is C18H18Cl2N2O3S2. The lowest BCUT2D eigenvalue weighted by Crippen LogP contribution is -2.28. The van der Waals surface area contributed by atoms with Crippen molar-refractivity contribution in [2.24, 2.45) is 0 Å². The van der Waals surface area contributed by atoms with E-state index in [0.717, 1.165) is 17.7 Å². The fourth-order valence-corrected chi connectivity index (χ4v) is 5.80. The van der Waals surface area contributed by atoms with Crippen molar-refractivity contribution in [2.75, 3.05) is 24.2 Å². The monoisotopic (exact) mass is 444 g/mol. The number of nitrogens with zero attached hydrogens (tertiary/aromatic N) is 1. The molecule has 0 bridgehead atoms. The standard InChI is InChI=1S/C18H18Cl2N2O3S2/c19-14-5-1-2-6-16(14)26-12-18(23)21-13-7-8-15(20)17(11-13)27(24,25)22-9-3-4-10-22/h1-2,5-8,11H,3-4,9-10,12H2,(H,21,23). The highest BCUT2D eigenvalue weighted by Gasteiger charge is 2.29. The molecule has 1 heterocycles. The molecule has 0 radical (unpaired) electrons. The first-order valence-corrected chi connectivity index (χ1v) is 11.5. The largest absolute Gasteiger partial charge is 0.325 e. The molecule has 2 aromatic rings. The van der Waals surface area contributed by atoms with Gasteiger partial charge in [-0.15, -0.1) is 11.8 Å². The van der Waals surface area contributed by atoms with Gasteiger partial charge in [0, 0.05) is 23.7 Å². The molecule has 9 heteroatoms. The van der Waals surface area contributed by atoms with E-state index in [1.807, 2.05) is 18.2 Å². The summed E-state index contributed by atoms with van der Waals surface area (Å²) in [7, 11) is -3.66. The molecule has 0 spiro atoms.